The van der Waals surface area contributed by atoms with E-state index in [1.807, 2.05) is 18.7 Å². The molecule has 0 N–H and O–H groups in total. The van der Waals surface area contributed by atoms with Gasteiger partial charge in [-0.25, -0.2) is 4.79 Å². The second-order valence-corrected chi connectivity index (χ2v) is 4.26. The summed E-state index contributed by atoms with van der Waals surface area (Å²) in [5.41, 5.74) is 0. The fourth-order valence-corrected chi connectivity index (χ4v) is 2.17. The predicted molar refractivity (Wildman–Crippen MR) is 51.1 cm³/mol. The Morgan fingerprint density at radius 1 is 1.57 bits per heavy atom. The van der Waals surface area contributed by atoms with Gasteiger partial charge in [0.25, 0.3) is 0 Å². The van der Waals surface area contributed by atoms with Crippen LogP contribution in [0.3, 0.4) is 0 Å². The van der Waals surface area contributed by atoms with Gasteiger partial charge in [-0.05, 0) is 26.7 Å². The molecule has 2 saturated heterocycles. The lowest BCUT2D eigenvalue weighted by Crippen LogP contribution is -2.44. The van der Waals surface area contributed by atoms with Crippen molar-refractivity contribution < 1.29 is 14.3 Å². The van der Waals surface area contributed by atoms with Crippen LogP contribution in [-0.2, 0) is 9.47 Å². The maximum atomic E-state index is 11.2. The minimum atomic E-state index is -0.155. The summed E-state index contributed by atoms with van der Waals surface area (Å²) in [4.78, 5) is 13.0. The molecule has 2 aliphatic rings. The number of carbonyl (C=O) groups excluding carboxylic acids is 1. The van der Waals surface area contributed by atoms with E-state index in [0.717, 1.165) is 19.4 Å². The summed E-state index contributed by atoms with van der Waals surface area (Å²) in [6.07, 6.45) is 2.27. The van der Waals surface area contributed by atoms with E-state index in [-0.39, 0.29) is 18.2 Å². The number of piperidine rings is 1. The molecule has 2 fully saturated rings. The van der Waals surface area contributed by atoms with E-state index in [1.54, 1.807) is 0 Å². The standard InChI is InChI=1S/C10H17NO3/c1-7(2)14-9-3-4-11-8(5-9)6-13-10(11)12/h7-9H,3-6H2,1-2H3/t8-,9-/m1/s1. The fourth-order valence-electron chi connectivity index (χ4n) is 2.17. The zero-order chi connectivity index (χ0) is 10.1. The lowest BCUT2D eigenvalue weighted by Gasteiger charge is -2.33. The molecule has 0 aromatic heterocycles. The summed E-state index contributed by atoms with van der Waals surface area (Å²) < 4.78 is 10.7. The molecule has 0 unspecified atom stereocenters. The van der Waals surface area contributed by atoms with Crippen molar-refractivity contribution in [1.82, 2.24) is 4.90 Å². The summed E-state index contributed by atoms with van der Waals surface area (Å²) >= 11 is 0. The van der Waals surface area contributed by atoms with E-state index in [1.165, 1.54) is 0 Å². The van der Waals surface area contributed by atoms with Crippen molar-refractivity contribution in [3.63, 3.8) is 0 Å². The third-order valence-corrected chi connectivity index (χ3v) is 2.77. The molecule has 0 spiro atoms. The van der Waals surface area contributed by atoms with Crippen molar-refractivity contribution >= 4 is 6.09 Å². The summed E-state index contributed by atoms with van der Waals surface area (Å²) in [6, 6.07) is 0.250. The van der Waals surface area contributed by atoms with Gasteiger partial charge in [0.2, 0.25) is 0 Å². The van der Waals surface area contributed by atoms with Crippen molar-refractivity contribution in [2.24, 2.45) is 0 Å². The fraction of sp³-hybridized carbons (Fsp3) is 0.900. The van der Waals surface area contributed by atoms with Crippen LogP contribution in [0.1, 0.15) is 26.7 Å². The minimum Gasteiger partial charge on any atom is -0.447 e. The molecule has 2 aliphatic heterocycles. The zero-order valence-electron chi connectivity index (χ0n) is 8.73. The van der Waals surface area contributed by atoms with Crippen molar-refractivity contribution in [2.75, 3.05) is 13.2 Å². The third-order valence-electron chi connectivity index (χ3n) is 2.77. The molecule has 0 bridgehead atoms. The van der Waals surface area contributed by atoms with E-state index in [0.29, 0.717) is 12.7 Å². The van der Waals surface area contributed by atoms with Crippen molar-refractivity contribution in [1.29, 1.82) is 0 Å². The van der Waals surface area contributed by atoms with Gasteiger partial charge in [-0.15, -0.1) is 0 Å². The first-order chi connectivity index (χ1) is 6.66. The highest BCUT2D eigenvalue weighted by molar-refractivity contribution is 5.70. The van der Waals surface area contributed by atoms with Crippen LogP contribution in [0.5, 0.6) is 0 Å². The first-order valence-electron chi connectivity index (χ1n) is 5.25. The summed E-state index contributed by atoms with van der Waals surface area (Å²) in [5, 5.41) is 0. The highest BCUT2D eigenvalue weighted by Crippen LogP contribution is 2.25. The Kier molecular flexibility index (Phi) is 2.63. The quantitative estimate of drug-likeness (QED) is 0.674. The number of cyclic esters (lactones) is 1. The normalized spacial score (nSPS) is 31.9. The van der Waals surface area contributed by atoms with Gasteiger partial charge in [0.05, 0.1) is 18.2 Å². The van der Waals surface area contributed by atoms with Gasteiger partial charge in [0.15, 0.2) is 0 Å². The number of ether oxygens (including phenoxy) is 2. The van der Waals surface area contributed by atoms with E-state index in [9.17, 15) is 4.79 Å². The minimum absolute atomic E-state index is 0.155. The smallest absolute Gasteiger partial charge is 0.410 e. The van der Waals surface area contributed by atoms with Crippen LogP contribution in [-0.4, -0.2) is 42.4 Å². The van der Waals surface area contributed by atoms with E-state index in [2.05, 4.69) is 0 Å². The van der Waals surface area contributed by atoms with Crippen molar-refractivity contribution in [2.45, 2.75) is 44.9 Å². The second-order valence-electron chi connectivity index (χ2n) is 4.26. The Balaban J connectivity index is 1.89. The maximum absolute atomic E-state index is 11.2. The van der Waals surface area contributed by atoms with Crippen LogP contribution < -0.4 is 0 Å². The average Bonchev–Trinajstić information content (AvgIpc) is 2.46. The van der Waals surface area contributed by atoms with Crippen LogP contribution in [0, 0.1) is 0 Å². The molecular formula is C10H17NO3. The molecular weight excluding hydrogens is 182 g/mol. The summed E-state index contributed by atoms with van der Waals surface area (Å²) in [7, 11) is 0. The van der Waals surface area contributed by atoms with Gasteiger partial charge >= 0.3 is 6.09 Å². The summed E-state index contributed by atoms with van der Waals surface area (Å²) in [6.45, 7) is 5.41. The molecule has 1 amide bonds. The molecule has 0 aromatic carbocycles. The highest BCUT2D eigenvalue weighted by Gasteiger charge is 2.38. The van der Waals surface area contributed by atoms with Crippen LogP contribution in [0.15, 0.2) is 0 Å². The molecule has 0 aliphatic carbocycles. The van der Waals surface area contributed by atoms with Gasteiger partial charge in [-0.1, -0.05) is 0 Å². The SMILES string of the molecule is CC(C)O[C@@H]1CCN2C(=O)OC[C@H]2C1. The number of rotatable bonds is 2. The number of hydrogen-bond acceptors (Lipinski definition) is 3. The molecule has 0 aromatic rings. The lowest BCUT2D eigenvalue weighted by molar-refractivity contribution is -0.0301. The first kappa shape index (κ1) is 9.77. The Hall–Kier alpha value is -0.770. The van der Waals surface area contributed by atoms with Crippen molar-refractivity contribution in [3.8, 4) is 0 Å². The maximum Gasteiger partial charge on any atom is 0.410 e. The van der Waals surface area contributed by atoms with E-state index < -0.39 is 0 Å². The van der Waals surface area contributed by atoms with Crippen LogP contribution in [0.2, 0.25) is 0 Å². The Morgan fingerprint density at radius 3 is 3.07 bits per heavy atom. The van der Waals surface area contributed by atoms with E-state index >= 15 is 0 Å². The monoisotopic (exact) mass is 199 g/mol. The van der Waals surface area contributed by atoms with Gasteiger partial charge < -0.3 is 14.4 Å². The number of fused-ring (bicyclic) bond motifs is 1. The van der Waals surface area contributed by atoms with Gasteiger partial charge in [-0.2, -0.15) is 0 Å². The Morgan fingerprint density at radius 2 is 2.36 bits per heavy atom. The van der Waals surface area contributed by atoms with Gasteiger partial charge in [0.1, 0.15) is 6.61 Å². The topological polar surface area (TPSA) is 38.8 Å². The number of hydrogen-bond donors (Lipinski definition) is 0. The first-order valence-corrected chi connectivity index (χ1v) is 5.25. The zero-order valence-corrected chi connectivity index (χ0v) is 8.73. The predicted octanol–water partition coefficient (Wildman–Crippen LogP) is 1.39. The average molecular weight is 199 g/mol. The van der Waals surface area contributed by atoms with Crippen molar-refractivity contribution in [3.05, 3.63) is 0 Å². The van der Waals surface area contributed by atoms with E-state index in [4.69, 9.17) is 9.47 Å². The molecule has 14 heavy (non-hydrogen) atoms. The molecule has 2 atom stereocenters. The number of amides is 1. The molecule has 0 saturated carbocycles. The Bertz CT molecular complexity index is 229. The Labute approximate surface area is 84.2 Å². The molecule has 4 heteroatoms. The molecule has 80 valence electrons. The van der Waals surface area contributed by atoms with Crippen LogP contribution in [0.4, 0.5) is 4.79 Å². The molecule has 0 radical (unpaired) electrons. The second kappa shape index (κ2) is 3.77. The number of carbonyl (C=O) groups is 1. The number of nitrogens with zero attached hydrogens (tertiary/aromatic N) is 1. The summed E-state index contributed by atoms with van der Waals surface area (Å²) in [5.74, 6) is 0. The van der Waals surface area contributed by atoms with Crippen LogP contribution in [0.25, 0.3) is 0 Å². The van der Waals surface area contributed by atoms with Gasteiger partial charge in [-0.3, -0.25) is 0 Å². The molecule has 2 heterocycles. The van der Waals surface area contributed by atoms with Gasteiger partial charge in [0, 0.05) is 6.54 Å². The lowest BCUT2D eigenvalue weighted by atomic mass is 10.0. The largest absolute Gasteiger partial charge is 0.447 e. The van der Waals surface area contributed by atoms with Crippen LogP contribution >= 0.6 is 0 Å². The molecule has 4 nitrogen and oxygen atoms in total. The molecule has 2 rings (SSSR count). The third kappa shape index (κ3) is 1.85. The highest BCUT2D eigenvalue weighted by atomic mass is 16.6.